The van der Waals surface area contributed by atoms with Gasteiger partial charge in [0.1, 0.15) is 0 Å². The second-order valence-corrected chi connectivity index (χ2v) is 5.94. The zero-order valence-electron chi connectivity index (χ0n) is 12.6. The largest absolute Gasteiger partial charge is 0.469 e. The summed E-state index contributed by atoms with van der Waals surface area (Å²) in [6.07, 6.45) is 3.09. The number of nitrogens with one attached hydrogen (secondary N) is 1. The highest BCUT2D eigenvalue weighted by molar-refractivity contribution is 7.80. The number of thiol groups is 1. The molecule has 1 aromatic carbocycles. The molecule has 4 nitrogen and oxygen atoms in total. The molecule has 0 aliphatic heterocycles. The first kappa shape index (κ1) is 17.6. The second-order valence-electron chi connectivity index (χ2n) is 5.06. The van der Waals surface area contributed by atoms with E-state index >= 15 is 0 Å². The van der Waals surface area contributed by atoms with Crippen molar-refractivity contribution in [2.24, 2.45) is 0 Å². The molecule has 1 atom stereocenters. The van der Waals surface area contributed by atoms with E-state index in [-0.39, 0.29) is 18.3 Å². The number of methoxy groups -OCH3 is 1. The van der Waals surface area contributed by atoms with Crippen LogP contribution in [0.4, 0.5) is 5.69 Å². The van der Waals surface area contributed by atoms with Crippen LogP contribution in [0, 0.1) is 0 Å². The molecule has 5 heteroatoms. The normalized spacial score (nSPS) is 11.8. The molecule has 21 heavy (non-hydrogen) atoms. The zero-order valence-corrected chi connectivity index (χ0v) is 13.5. The Labute approximate surface area is 131 Å². The molecule has 0 fully saturated rings. The summed E-state index contributed by atoms with van der Waals surface area (Å²) in [4.78, 5) is 22.6. The molecule has 1 unspecified atom stereocenters. The Bertz CT molecular complexity index is 457. The van der Waals surface area contributed by atoms with Gasteiger partial charge in [0.2, 0.25) is 5.91 Å². The van der Waals surface area contributed by atoms with E-state index in [1.165, 1.54) is 12.7 Å². The van der Waals surface area contributed by atoms with Gasteiger partial charge in [-0.2, -0.15) is 12.6 Å². The molecule has 0 saturated carbocycles. The standard InChI is InChI=1S/C16H23NO3S/c1-12(21)6-7-13-8-10-14(11-9-13)17-15(18)4-3-5-16(19)20-2/h8-12,21H,3-7H2,1-2H3,(H,17,18). The quantitative estimate of drug-likeness (QED) is 0.572. The van der Waals surface area contributed by atoms with Crippen LogP contribution in [0.15, 0.2) is 24.3 Å². The van der Waals surface area contributed by atoms with Gasteiger partial charge in [0, 0.05) is 18.5 Å². The molecule has 1 rings (SSSR count). The van der Waals surface area contributed by atoms with Crippen molar-refractivity contribution in [1.29, 1.82) is 0 Å². The molecule has 0 saturated heterocycles. The highest BCUT2D eigenvalue weighted by Crippen LogP contribution is 2.13. The molecular formula is C16H23NO3S. The monoisotopic (exact) mass is 309 g/mol. The first-order valence-electron chi connectivity index (χ1n) is 7.15. The SMILES string of the molecule is COC(=O)CCCC(=O)Nc1ccc(CCC(C)S)cc1. The van der Waals surface area contributed by atoms with E-state index < -0.39 is 0 Å². The van der Waals surface area contributed by atoms with E-state index in [2.05, 4.69) is 29.6 Å². The molecule has 0 aromatic heterocycles. The van der Waals surface area contributed by atoms with Crippen molar-refractivity contribution in [2.45, 2.75) is 44.3 Å². The Balaban J connectivity index is 2.34. The van der Waals surface area contributed by atoms with E-state index in [9.17, 15) is 9.59 Å². The van der Waals surface area contributed by atoms with Crippen molar-refractivity contribution >= 4 is 30.2 Å². The Kier molecular flexibility index (Phi) is 7.90. The van der Waals surface area contributed by atoms with Gasteiger partial charge in [0.05, 0.1) is 7.11 Å². The van der Waals surface area contributed by atoms with Gasteiger partial charge in [-0.15, -0.1) is 0 Å². The van der Waals surface area contributed by atoms with Gasteiger partial charge in [-0.3, -0.25) is 9.59 Å². The van der Waals surface area contributed by atoms with Gasteiger partial charge in [-0.1, -0.05) is 19.1 Å². The summed E-state index contributed by atoms with van der Waals surface area (Å²) in [7, 11) is 1.35. The molecule has 0 heterocycles. The van der Waals surface area contributed by atoms with Crippen molar-refractivity contribution in [3.63, 3.8) is 0 Å². The fraction of sp³-hybridized carbons (Fsp3) is 0.500. The maximum atomic E-state index is 11.7. The first-order chi connectivity index (χ1) is 10.0. The maximum Gasteiger partial charge on any atom is 0.305 e. The van der Waals surface area contributed by atoms with Crippen LogP contribution in [-0.2, 0) is 20.7 Å². The lowest BCUT2D eigenvalue weighted by Gasteiger charge is -2.07. The number of hydrogen-bond acceptors (Lipinski definition) is 4. The Morgan fingerprint density at radius 2 is 1.90 bits per heavy atom. The second kappa shape index (κ2) is 9.45. The molecule has 0 aliphatic carbocycles. The number of anilines is 1. The lowest BCUT2D eigenvalue weighted by atomic mass is 10.1. The summed E-state index contributed by atoms with van der Waals surface area (Å²) in [5.74, 6) is -0.374. The molecule has 0 bridgehead atoms. The van der Waals surface area contributed by atoms with Crippen LogP contribution >= 0.6 is 12.6 Å². The number of rotatable bonds is 8. The third-order valence-electron chi connectivity index (χ3n) is 3.10. The van der Waals surface area contributed by atoms with Gasteiger partial charge < -0.3 is 10.1 Å². The maximum absolute atomic E-state index is 11.7. The minimum atomic E-state index is -0.287. The smallest absolute Gasteiger partial charge is 0.305 e. The molecule has 116 valence electrons. The van der Waals surface area contributed by atoms with Gasteiger partial charge in [-0.05, 0) is 42.2 Å². The molecule has 0 spiro atoms. The third-order valence-corrected chi connectivity index (χ3v) is 3.36. The Morgan fingerprint density at radius 1 is 1.24 bits per heavy atom. The van der Waals surface area contributed by atoms with Crippen molar-refractivity contribution in [3.8, 4) is 0 Å². The average molecular weight is 309 g/mol. The van der Waals surface area contributed by atoms with E-state index in [1.54, 1.807) is 0 Å². The van der Waals surface area contributed by atoms with E-state index in [1.807, 2.05) is 24.3 Å². The summed E-state index contributed by atoms with van der Waals surface area (Å²) < 4.78 is 4.53. The summed E-state index contributed by atoms with van der Waals surface area (Å²) in [6.45, 7) is 2.08. The van der Waals surface area contributed by atoms with Crippen LogP contribution < -0.4 is 5.32 Å². The van der Waals surface area contributed by atoms with Crippen molar-refractivity contribution < 1.29 is 14.3 Å². The summed E-state index contributed by atoms with van der Waals surface area (Å²) in [5, 5.41) is 3.21. The van der Waals surface area contributed by atoms with Crippen LogP contribution in [0.3, 0.4) is 0 Å². The number of amides is 1. The topological polar surface area (TPSA) is 55.4 Å². The number of aryl methyl sites for hydroxylation is 1. The lowest BCUT2D eigenvalue weighted by molar-refractivity contribution is -0.140. The summed E-state index contributed by atoms with van der Waals surface area (Å²) in [5.41, 5.74) is 2.01. The molecule has 1 amide bonds. The Morgan fingerprint density at radius 3 is 2.48 bits per heavy atom. The van der Waals surface area contributed by atoms with Crippen LogP contribution in [0.2, 0.25) is 0 Å². The number of hydrogen-bond donors (Lipinski definition) is 2. The minimum absolute atomic E-state index is 0.0874. The lowest BCUT2D eigenvalue weighted by Crippen LogP contribution is -2.12. The Hall–Kier alpha value is -1.49. The van der Waals surface area contributed by atoms with E-state index in [0.717, 1.165) is 18.5 Å². The molecule has 1 aromatic rings. The number of esters is 1. The fourth-order valence-corrected chi connectivity index (χ4v) is 1.98. The van der Waals surface area contributed by atoms with Gasteiger partial charge in [-0.25, -0.2) is 0 Å². The predicted molar refractivity (Wildman–Crippen MR) is 87.7 cm³/mol. The van der Waals surface area contributed by atoms with Crippen molar-refractivity contribution in [1.82, 2.24) is 0 Å². The van der Waals surface area contributed by atoms with Crippen LogP contribution in [0.25, 0.3) is 0 Å². The number of benzene rings is 1. The molecular weight excluding hydrogens is 286 g/mol. The average Bonchev–Trinajstić information content (AvgIpc) is 2.46. The molecule has 1 N–H and O–H groups in total. The minimum Gasteiger partial charge on any atom is -0.469 e. The third kappa shape index (κ3) is 7.75. The summed E-state index contributed by atoms with van der Waals surface area (Å²) in [6, 6.07) is 7.83. The van der Waals surface area contributed by atoms with Crippen LogP contribution in [0.5, 0.6) is 0 Å². The van der Waals surface area contributed by atoms with Crippen LogP contribution in [-0.4, -0.2) is 24.2 Å². The number of ether oxygens (including phenoxy) is 1. The van der Waals surface area contributed by atoms with Crippen molar-refractivity contribution in [2.75, 3.05) is 12.4 Å². The first-order valence-corrected chi connectivity index (χ1v) is 7.66. The summed E-state index contributed by atoms with van der Waals surface area (Å²) >= 11 is 4.36. The van der Waals surface area contributed by atoms with Gasteiger partial charge >= 0.3 is 5.97 Å². The number of carbonyl (C=O) groups excluding carboxylic acids is 2. The van der Waals surface area contributed by atoms with E-state index in [4.69, 9.17) is 0 Å². The molecule has 0 radical (unpaired) electrons. The fourth-order valence-electron chi connectivity index (χ4n) is 1.85. The van der Waals surface area contributed by atoms with Gasteiger partial charge in [0.15, 0.2) is 0 Å². The van der Waals surface area contributed by atoms with Gasteiger partial charge in [0.25, 0.3) is 0 Å². The van der Waals surface area contributed by atoms with Crippen molar-refractivity contribution in [3.05, 3.63) is 29.8 Å². The molecule has 0 aliphatic rings. The predicted octanol–water partition coefficient (Wildman–Crippen LogP) is 3.22. The van der Waals surface area contributed by atoms with Crippen LogP contribution in [0.1, 0.15) is 38.2 Å². The zero-order chi connectivity index (χ0) is 15.7. The number of carbonyl (C=O) groups is 2. The highest BCUT2D eigenvalue weighted by atomic mass is 32.1. The highest BCUT2D eigenvalue weighted by Gasteiger charge is 2.06. The van der Waals surface area contributed by atoms with E-state index in [0.29, 0.717) is 18.1 Å².